The largest absolute Gasteiger partial charge is 0.494 e. The number of carboxylic acids is 1. The zero-order valence-electron chi connectivity index (χ0n) is 17.8. The van der Waals surface area contributed by atoms with Gasteiger partial charge in [-0.3, -0.25) is 9.59 Å². The second kappa shape index (κ2) is 9.89. The smallest absolute Gasteiger partial charge is 0.303 e. The van der Waals surface area contributed by atoms with E-state index >= 15 is 0 Å². The molecule has 33 heavy (non-hydrogen) atoms. The van der Waals surface area contributed by atoms with Gasteiger partial charge in [-0.2, -0.15) is 5.10 Å². The molecular formula is C24H21BrClN3O4. The average Bonchev–Trinajstić information content (AvgIpc) is 3.23. The molecule has 0 fully saturated rings. The van der Waals surface area contributed by atoms with Crippen LogP contribution in [0.2, 0.25) is 5.15 Å². The second-order valence-electron chi connectivity index (χ2n) is 7.56. The van der Waals surface area contributed by atoms with E-state index in [-0.39, 0.29) is 29.9 Å². The molecule has 3 aromatic rings. The van der Waals surface area contributed by atoms with Crippen molar-refractivity contribution in [1.29, 1.82) is 0 Å². The Hall–Kier alpha value is -2.97. The van der Waals surface area contributed by atoms with E-state index in [1.165, 1.54) is 5.01 Å². The van der Waals surface area contributed by atoms with Gasteiger partial charge in [0.1, 0.15) is 10.9 Å². The number of ether oxygens (including phenoxy) is 1. The molecule has 1 atom stereocenters. The van der Waals surface area contributed by atoms with Crippen LogP contribution in [-0.4, -0.2) is 39.3 Å². The lowest BCUT2D eigenvalue weighted by Gasteiger charge is -2.22. The summed E-state index contributed by atoms with van der Waals surface area (Å²) in [6, 6.07) is 14.8. The molecule has 1 aliphatic heterocycles. The van der Waals surface area contributed by atoms with Gasteiger partial charge in [-0.15, -0.1) is 0 Å². The number of hydrogen-bond donors (Lipinski definition) is 1. The van der Waals surface area contributed by atoms with E-state index in [1.807, 2.05) is 55.5 Å². The van der Waals surface area contributed by atoms with Crippen LogP contribution in [0.15, 0.2) is 58.1 Å². The van der Waals surface area contributed by atoms with Gasteiger partial charge in [0.05, 0.1) is 30.3 Å². The number of rotatable bonds is 7. The van der Waals surface area contributed by atoms with Crippen molar-refractivity contribution in [2.75, 3.05) is 6.61 Å². The predicted molar refractivity (Wildman–Crippen MR) is 130 cm³/mol. The van der Waals surface area contributed by atoms with Gasteiger partial charge in [-0.05, 0) is 42.8 Å². The zero-order chi connectivity index (χ0) is 23.5. The Bertz CT molecular complexity index is 1250. The quantitative estimate of drug-likeness (QED) is 0.402. The van der Waals surface area contributed by atoms with Crippen LogP contribution in [0.4, 0.5) is 0 Å². The van der Waals surface area contributed by atoms with Gasteiger partial charge in [0.2, 0.25) is 5.91 Å². The van der Waals surface area contributed by atoms with Crippen LogP contribution in [0.25, 0.3) is 10.9 Å². The van der Waals surface area contributed by atoms with Crippen molar-refractivity contribution in [1.82, 2.24) is 9.99 Å². The van der Waals surface area contributed by atoms with Gasteiger partial charge >= 0.3 is 5.97 Å². The number of fused-ring (bicyclic) bond motifs is 1. The standard InChI is InChI=1S/C24H21BrClN3O4/c1-2-33-17-8-5-15-11-18(24(26)27-19(15)12-17)20-13-21(14-3-6-16(25)7-4-14)29(28-20)22(30)9-10-23(31)32/h3-8,11-12,21H,2,9-10,13H2,1H3,(H,31,32)/t21-/m1/s1. The third kappa shape index (κ3) is 5.17. The lowest BCUT2D eigenvalue weighted by Crippen LogP contribution is -2.27. The first-order valence-electron chi connectivity index (χ1n) is 10.5. The number of carboxylic acid groups (broad SMARTS) is 1. The summed E-state index contributed by atoms with van der Waals surface area (Å²) in [5.74, 6) is -0.670. The van der Waals surface area contributed by atoms with Crippen molar-refractivity contribution in [3.8, 4) is 5.75 Å². The van der Waals surface area contributed by atoms with Crippen molar-refractivity contribution >= 4 is 56.0 Å². The topological polar surface area (TPSA) is 92.1 Å². The highest BCUT2D eigenvalue weighted by atomic mass is 79.9. The molecule has 170 valence electrons. The first-order chi connectivity index (χ1) is 15.9. The summed E-state index contributed by atoms with van der Waals surface area (Å²) >= 11 is 9.96. The number of amides is 1. The van der Waals surface area contributed by atoms with Crippen molar-refractivity contribution in [3.63, 3.8) is 0 Å². The van der Waals surface area contributed by atoms with Crippen LogP contribution in [0.1, 0.15) is 43.4 Å². The summed E-state index contributed by atoms with van der Waals surface area (Å²) < 4.78 is 6.46. The molecule has 1 amide bonds. The maximum Gasteiger partial charge on any atom is 0.303 e. The highest BCUT2D eigenvalue weighted by Gasteiger charge is 2.34. The predicted octanol–water partition coefficient (Wildman–Crippen LogP) is 5.59. The summed E-state index contributed by atoms with van der Waals surface area (Å²) in [5.41, 5.74) is 2.86. The van der Waals surface area contributed by atoms with Gasteiger partial charge < -0.3 is 9.84 Å². The first kappa shape index (κ1) is 23.2. The molecule has 1 aliphatic rings. The Morgan fingerprint density at radius 2 is 1.94 bits per heavy atom. The average molecular weight is 531 g/mol. The Morgan fingerprint density at radius 1 is 1.18 bits per heavy atom. The molecule has 9 heteroatoms. The molecule has 0 spiro atoms. The number of hydrogen-bond acceptors (Lipinski definition) is 5. The maximum absolute atomic E-state index is 12.9. The molecule has 0 aliphatic carbocycles. The van der Waals surface area contributed by atoms with Gasteiger partial charge in [-0.1, -0.05) is 39.7 Å². The fraction of sp³-hybridized carbons (Fsp3) is 0.250. The molecule has 7 nitrogen and oxygen atoms in total. The minimum absolute atomic E-state index is 0.136. The van der Waals surface area contributed by atoms with E-state index in [2.05, 4.69) is 26.0 Å². The summed E-state index contributed by atoms with van der Waals surface area (Å²) in [7, 11) is 0. The number of halogens is 2. The summed E-state index contributed by atoms with van der Waals surface area (Å²) in [6.45, 7) is 2.47. The van der Waals surface area contributed by atoms with Gasteiger partial charge in [0.25, 0.3) is 0 Å². The molecule has 2 heterocycles. The Balaban J connectivity index is 1.70. The molecule has 0 radical (unpaired) electrons. The van der Waals surface area contributed by atoms with Crippen molar-refractivity contribution in [2.24, 2.45) is 5.10 Å². The van der Waals surface area contributed by atoms with Crippen molar-refractivity contribution in [3.05, 3.63) is 69.3 Å². The monoisotopic (exact) mass is 529 g/mol. The molecule has 4 rings (SSSR count). The minimum Gasteiger partial charge on any atom is -0.494 e. The Morgan fingerprint density at radius 3 is 2.64 bits per heavy atom. The lowest BCUT2D eigenvalue weighted by molar-refractivity contribution is -0.141. The van der Waals surface area contributed by atoms with E-state index in [4.69, 9.17) is 21.4 Å². The summed E-state index contributed by atoms with van der Waals surface area (Å²) in [6.07, 6.45) is 0.0428. The van der Waals surface area contributed by atoms with E-state index in [0.29, 0.717) is 35.6 Å². The third-order valence-electron chi connectivity index (χ3n) is 5.34. The normalized spacial score (nSPS) is 15.5. The molecule has 1 aromatic heterocycles. The van der Waals surface area contributed by atoms with Crippen LogP contribution in [0, 0.1) is 0 Å². The number of hydrazone groups is 1. The molecule has 0 unspecified atom stereocenters. The number of nitrogens with zero attached hydrogens (tertiary/aromatic N) is 3. The van der Waals surface area contributed by atoms with Crippen molar-refractivity contribution < 1.29 is 19.4 Å². The fourth-order valence-electron chi connectivity index (χ4n) is 3.76. The highest BCUT2D eigenvalue weighted by Crippen LogP contribution is 2.36. The summed E-state index contributed by atoms with van der Waals surface area (Å²) in [5, 5.41) is 16.1. The molecule has 1 N–H and O–H groups in total. The SMILES string of the molecule is CCOc1ccc2cc(C3=NN(C(=O)CCC(=O)O)[C@@H](c4ccc(Br)cc4)C3)c(Cl)nc2c1. The van der Waals surface area contributed by atoms with Gasteiger partial charge in [0, 0.05) is 34.3 Å². The van der Waals surface area contributed by atoms with Crippen LogP contribution in [-0.2, 0) is 9.59 Å². The minimum atomic E-state index is -1.03. The van der Waals surface area contributed by atoms with Crippen molar-refractivity contribution in [2.45, 2.75) is 32.2 Å². The maximum atomic E-state index is 12.9. The number of pyridine rings is 1. The zero-order valence-corrected chi connectivity index (χ0v) is 20.1. The number of benzene rings is 2. The van der Waals surface area contributed by atoms with E-state index in [1.54, 1.807) is 0 Å². The summed E-state index contributed by atoms with van der Waals surface area (Å²) in [4.78, 5) is 28.4. The molecule has 0 saturated heterocycles. The molecule has 2 aromatic carbocycles. The number of aromatic nitrogens is 1. The first-order valence-corrected chi connectivity index (χ1v) is 11.6. The van der Waals surface area contributed by atoms with Crippen LogP contribution in [0.3, 0.4) is 0 Å². The second-order valence-corrected chi connectivity index (χ2v) is 8.84. The molecule has 0 saturated carbocycles. The van der Waals surface area contributed by atoms with Gasteiger partial charge in [0.15, 0.2) is 0 Å². The van der Waals surface area contributed by atoms with E-state index in [0.717, 1.165) is 15.4 Å². The van der Waals surface area contributed by atoms with Crippen LogP contribution < -0.4 is 4.74 Å². The lowest BCUT2D eigenvalue weighted by atomic mass is 9.98. The number of aliphatic carboxylic acids is 1. The fourth-order valence-corrected chi connectivity index (χ4v) is 4.28. The van der Waals surface area contributed by atoms with Crippen LogP contribution >= 0.6 is 27.5 Å². The van der Waals surface area contributed by atoms with Gasteiger partial charge in [-0.25, -0.2) is 9.99 Å². The Kier molecular flexibility index (Phi) is 6.95. The number of carbonyl (C=O) groups excluding carboxylic acids is 1. The van der Waals surface area contributed by atoms with Crippen LogP contribution in [0.5, 0.6) is 5.75 Å². The van der Waals surface area contributed by atoms with E-state index < -0.39 is 5.97 Å². The number of carbonyl (C=O) groups is 2. The van der Waals surface area contributed by atoms with E-state index in [9.17, 15) is 9.59 Å². The Labute approximate surface area is 204 Å². The molecular weight excluding hydrogens is 510 g/mol. The molecule has 0 bridgehead atoms. The third-order valence-corrected chi connectivity index (χ3v) is 6.15. The highest BCUT2D eigenvalue weighted by molar-refractivity contribution is 9.10.